The van der Waals surface area contributed by atoms with E-state index in [2.05, 4.69) is 57.4 Å². The van der Waals surface area contributed by atoms with Crippen LogP contribution in [0.4, 0.5) is 0 Å². The standard InChI is InChI=1S/C23H33N5O2/c1-3-24-23(26-18-21-10-7-11-25-22(21)30-17-16-29-2)28-14-12-27(13-15-28)19-20-8-5-4-6-9-20/h4-11H,3,12-19H2,1-2H3,(H,24,26). The van der Waals surface area contributed by atoms with Crippen LogP contribution in [0.2, 0.25) is 0 Å². The van der Waals surface area contributed by atoms with E-state index < -0.39 is 0 Å². The molecule has 0 atom stereocenters. The molecular formula is C23H33N5O2. The maximum atomic E-state index is 5.74. The molecule has 1 aliphatic heterocycles. The van der Waals surface area contributed by atoms with Crippen LogP contribution >= 0.6 is 0 Å². The Kier molecular flexibility index (Phi) is 8.93. The summed E-state index contributed by atoms with van der Waals surface area (Å²) in [6.07, 6.45) is 1.74. The second-order valence-corrected chi connectivity index (χ2v) is 7.23. The molecule has 2 aromatic rings. The third kappa shape index (κ3) is 6.71. The Bertz CT molecular complexity index is 776. The number of piperazine rings is 1. The average Bonchev–Trinajstić information content (AvgIpc) is 2.79. The molecule has 162 valence electrons. The van der Waals surface area contributed by atoms with Crippen LogP contribution in [0.3, 0.4) is 0 Å². The number of methoxy groups -OCH3 is 1. The minimum atomic E-state index is 0.480. The molecule has 7 nitrogen and oxygen atoms in total. The largest absolute Gasteiger partial charge is 0.475 e. The molecule has 1 saturated heterocycles. The van der Waals surface area contributed by atoms with Crippen LogP contribution in [-0.4, -0.2) is 73.8 Å². The molecule has 0 unspecified atom stereocenters. The van der Waals surface area contributed by atoms with Gasteiger partial charge in [-0.2, -0.15) is 0 Å². The molecule has 0 amide bonds. The molecule has 3 rings (SSSR count). The molecule has 2 heterocycles. The van der Waals surface area contributed by atoms with E-state index in [0.29, 0.717) is 25.6 Å². The smallest absolute Gasteiger partial charge is 0.218 e. The number of nitrogens with zero attached hydrogens (tertiary/aromatic N) is 4. The summed E-state index contributed by atoms with van der Waals surface area (Å²) in [7, 11) is 1.66. The van der Waals surface area contributed by atoms with Crippen molar-refractivity contribution in [1.29, 1.82) is 0 Å². The fourth-order valence-corrected chi connectivity index (χ4v) is 3.44. The summed E-state index contributed by atoms with van der Waals surface area (Å²) >= 11 is 0. The number of hydrogen-bond donors (Lipinski definition) is 1. The SMILES string of the molecule is CCNC(=NCc1cccnc1OCCOC)N1CCN(Cc2ccccc2)CC1. The monoisotopic (exact) mass is 411 g/mol. The van der Waals surface area contributed by atoms with Crippen molar-refractivity contribution < 1.29 is 9.47 Å². The maximum absolute atomic E-state index is 5.74. The van der Waals surface area contributed by atoms with Gasteiger partial charge in [-0.1, -0.05) is 36.4 Å². The second kappa shape index (κ2) is 12.1. The summed E-state index contributed by atoms with van der Waals surface area (Å²) in [4.78, 5) is 14.1. The number of benzene rings is 1. The lowest BCUT2D eigenvalue weighted by molar-refractivity contribution is 0.143. The van der Waals surface area contributed by atoms with Crippen molar-refractivity contribution >= 4 is 5.96 Å². The van der Waals surface area contributed by atoms with Crippen molar-refractivity contribution in [3.63, 3.8) is 0 Å². The van der Waals surface area contributed by atoms with Crippen molar-refractivity contribution in [2.24, 2.45) is 4.99 Å². The van der Waals surface area contributed by atoms with Crippen molar-refractivity contribution in [3.05, 3.63) is 59.8 Å². The molecule has 0 bridgehead atoms. The molecule has 1 fully saturated rings. The van der Waals surface area contributed by atoms with Crippen molar-refractivity contribution in [3.8, 4) is 5.88 Å². The lowest BCUT2D eigenvalue weighted by Crippen LogP contribution is -2.52. The number of hydrogen-bond acceptors (Lipinski definition) is 5. The highest BCUT2D eigenvalue weighted by Crippen LogP contribution is 2.16. The molecule has 1 aromatic heterocycles. The zero-order chi connectivity index (χ0) is 21.0. The molecule has 7 heteroatoms. The Balaban J connectivity index is 1.58. The zero-order valence-electron chi connectivity index (χ0n) is 18.1. The lowest BCUT2D eigenvalue weighted by Gasteiger charge is -2.36. The Morgan fingerprint density at radius 1 is 1.07 bits per heavy atom. The topological polar surface area (TPSA) is 62.2 Å². The van der Waals surface area contributed by atoms with Crippen molar-refractivity contribution in [2.75, 3.05) is 53.0 Å². The van der Waals surface area contributed by atoms with Crippen LogP contribution in [0.1, 0.15) is 18.1 Å². The quantitative estimate of drug-likeness (QED) is 0.388. The van der Waals surface area contributed by atoms with E-state index in [1.807, 2.05) is 12.1 Å². The summed E-state index contributed by atoms with van der Waals surface area (Å²) in [6.45, 7) is 9.46. The third-order valence-corrected chi connectivity index (χ3v) is 5.03. The predicted octanol–water partition coefficient (Wildman–Crippen LogP) is 2.39. The van der Waals surface area contributed by atoms with E-state index in [4.69, 9.17) is 14.5 Å². The summed E-state index contributed by atoms with van der Waals surface area (Å²) in [5.41, 5.74) is 2.34. The van der Waals surface area contributed by atoms with Gasteiger partial charge in [-0.05, 0) is 18.6 Å². The van der Waals surface area contributed by atoms with E-state index in [-0.39, 0.29) is 0 Å². The Hall–Kier alpha value is -2.64. The third-order valence-electron chi connectivity index (χ3n) is 5.03. The van der Waals surface area contributed by atoms with Gasteiger partial charge in [-0.25, -0.2) is 9.98 Å². The van der Waals surface area contributed by atoms with E-state index in [1.165, 1.54) is 5.56 Å². The van der Waals surface area contributed by atoms with Crippen LogP contribution < -0.4 is 10.1 Å². The predicted molar refractivity (Wildman–Crippen MR) is 120 cm³/mol. The summed E-state index contributed by atoms with van der Waals surface area (Å²) in [5, 5.41) is 3.44. The van der Waals surface area contributed by atoms with Crippen LogP contribution in [0.15, 0.2) is 53.7 Å². The van der Waals surface area contributed by atoms with Gasteiger partial charge in [0, 0.05) is 58.1 Å². The van der Waals surface area contributed by atoms with Crippen LogP contribution in [0, 0.1) is 0 Å². The van der Waals surface area contributed by atoms with Gasteiger partial charge in [0.2, 0.25) is 5.88 Å². The highest BCUT2D eigenvalue weighted by molar-refractivity contribution is 5.80. The highest BCUT2D eigenvalue weighted by Gasteiger charge is 2.19. The number of rotatable bonds is 9. The van der Waals surface area contributed by atoms with Crippen molar-refractivity contribution in [2.45, 2.75) is 20.0 Å². The zero-order valence-corrected chi connectivity index (χ0v) is 18.1. The van der Waals surface area contributed by atoms with E-state index >= 15 is 0 Å². The highest BCUT2D eigenvalue weighted by atomic mass is 16.5. The Morgan fingerprint density at radius 3 is 2.60 bits per heavy atom. The number of ether oxygens (including phenoxy) is 2. The molecular weight excluding hydrogens is 378 g/mol. The summed E-state index contributed by atoms with van der Waals surface area (Å²) in [6, 6.07) is 14.6. The Morgan fingerprint density at radius 2 is 1.87 bits per heavy atom. The molecule has 0 saturated carbocycles. The number of aromatic nitrogens is 1. The first-order chi connectivity index (χ1) is 14.8. The lowest BCUT2D eigenvalue weighted by atomic mass is 10.2. The normalized spacial score (nSPS) is 15.3. The van der Waals surface area contributed by atoms with Crippen LogP contribution in [0.5, 0.6) is 5.88 Å². The Labute approximate surface area is 179 Å². The fourth-order valence-electron chi connectivity index (χ4n) is 3.44. The van der Waals surface area contributed by atoms with Crippen molar-refractivity contribution in [1.82, 2.24) is 20.1 Å². The minimum Gasteiger partial charge on any atom is -0.475 e. The number of pyridine rings is 1. The van der Waals surface area contributed by atoms with Gasteiger partial charge in [0.1, 0.15) is 6.61 Å². The summed E-state index contributed by atoms with van der Waals surface area (Å²) in [5.74, 6) is 1.57. The number of aliphatic imine (C=N–C) groups is 1. The van der Waals surface area contributed by atoms with Gasteiger partial charge in [-0.3, -0.25) is 4.90 Å². The first-order valence-corrected chi connectivity index (χ1v) is 10.6. The molecule has 1 aliphatic rings. The first kappa shape index (κ1) is 22.1. The molecule has 30 heavy (non-hydrogen) atoms. The van der Waals surface area contributed by atoms with Gasteiger partial charge in [0.25, 0.3) is 0 Å². The fraction of sp³-hybridized carbons (Fsp3) is 0.478. The van der Waals surface area contributed by atoms with Crippen LogP contribution in [0.25, 0.3) is 0 Å². The second-order valence-electron chi connectivity index (χ2n) is 7.23. The molecule has 0 aliphatic carbocycles. The van der Waals surface area contributed by atoms with Gasteiger partial charge in [0.15, 0.2) is 5.96 Å². The first-order valence-electron chi connectivity index (χ1n) is 10.6. The molecule has 0 spiro atoms. The van der Waals surface area contributed by atoms with Crippen LogP contribution in [-0.2, 0) is 17.8 Å². The van der Waals surface area contributed by atoms with E-state index in [9.17, 15) is 0 Å². The molecule has 1 aromatic carbocycles. The summed E-state index contributed by atoms with van der Waals surface area (Å²) < 4.78 is 10.8. The van der Waals surface area contributed by atoms with E-state index in [1.54, 1.807) is 13.3 Å². The van der Waals surface area contributed by atoms with Gasteiger partial charge >= 0.3 is 0 Å². The molecule has 0 radical (unpaired) electrons. The molecule has 1 N–H and O–H groups in total. The van der Waals surface area contributed by atoms with E-state index in [0.717, 1.165) is 50.8 Å². The minimum absolute atomic E-state index is 0.480. The van der Waals surface area contributed by atoms with Gasteiger partial charge < -0.3 is 19.7 Å². The number of guanidine groups is 1. The van der Waals surface area contributed by atoms with Gasteiger partial charge in [-0.15, -0.1) is 0 Å². The average molecular weight is 412 g/mol. The number of nitrogens with one attached hydrogen (secondary N) is 1. The maximum Gasteiger partial charge on any atom is 0.218 e. The van der Waals surface area contributed by atoms with Gasteiger partial charge in [0.05, 0.1) is 13.2 Å².